The summed E-state index contributed by atoms with van der Waals surface area (Å²) >= 11 is 0. The quantitative estimate of drug-likeness (QED) is 0.863. The van der Waals surface area contributed by atoms with E-state index in [1.54, 1.807) is 22.5 Å². The zero-order valence-electron chi connectivity index (χ0n) is 12.1. The Morgan fingerprint density at radius 3 is 2.90 bits per heavy atom. The number of benzene rings is 1. The molecule has 0 aromatic heterocycles. The fourth-order valence-electron chi connectivity index (χ4n) is 3.38. The Labute approximate surface area is 126 Å². The van der Waals surface area contributed by atoms with Crippen LogP contribution in [0.4, 0.5) is 5.69 Å². The highest BCUT2D eigenvalue weighted by atomic mass is 32.2. The van der Waals surface area contributed by atoms with Crippen LogP contribution in [0.3, 0.4) is 0 Å². The molecule has 21 heavy (non-hydrogen) atoms. The molecule has 2 unspecified atom stereocenters. The predicted octanol–water partition coefficient (Wildman–Crippen LogP) is 1.74. The number of rotatable bonds is 3. The van der Waals surface area contributed by atoms with E-state index in [1.807, 2.05) is 6.07 Å². The highest BCUT2D eigenvalue weighted by molar-refractivity contribution is 7.88. The van der Waals surface area contributed by atoms with Crippen molar-refractivity contribution in [3.63, 3.8) is 0 Å². The molecule has 116 valence electrons. The summed E-state index contributed by atoms with van der Waals surface area (Å²) in [4.78, 5) is 0. The summed E-state index contributed by atoms with van der Waals surface area (Å²) in [6.45, 7) is 0.961. The molecule has 3 rings (SSSR count). The highest BCUT2D eigenvalue weighted by Gasteiger charge is 2.40. The second kappa shape index (κ2) is 5.94. The van der Waals surface area contributed by atoms with Crippen molar-refractivity contribution in [3.8, 4) is 0 Å². The number of nitrogens with two attached hydrogens (primary N) is 1. The van der Waals surface area contributed by atoms with Crippen LogP contribution in [0.25, 0.3) is 0 Å². The Balaban J connectivity index is 1.80. The number of fused-ring (bicyclic) bond motifs is 1. The molecular weight excluding hydrogens is 288 g/mol. The standard InChI is InChI=1S/C15H22N2O3S/c16-13-5-3-4-12(10-13)11-21(18,19)17-8-9-20-15-7-2-1-6-14(15)17/h3-5,10,14-15H,1-2,6-9,11,16H2. The van der Waals surface area contributed by atoms with Crippen LogP contribution in [0.15, 0.2) is 24.3 Å². The molecule has 5 nitrogen and oxygen atoms in total. The summed E-state index contributed by atoms with van der Waals surface area (Å²) in [5.41, 5.74) is 7.08. The maximum Gasteiger partial charge on any atom is 0.218 e. The number of hydrogen-bond acceptors (Lipinski definition) is 4. The van der Waals surface area contributed by atoms with Gasteiger partial charge in [0.25, 0.3) is 0 Å². The molecule has 0 spiro atoms. The largest absolute Gasteiger partial charge is 0.399 e. The average molecular weight is 310 g/mol. The average Bonchev–Trinajstić information content (AvgIpc) is 2.46. The maximum absolute atomic E-state index is 12.8. The number of hydrogen-bond donors (Lipinski definition) is 1. The minimum atomic E-state index is -3.33. The number of morpholine rings is 1. The molecule has 0 amide bonds. The predicted molar refractivity (Wildman–Crippen MR) is 82.2 cm³/mol. The fourth-order valence-corrected chi connectivity index (χ4v) is 5.16. The van der Waals surface area contributed by atoms with Crippen LogP contribution in [0.5, 0.6) is 0 Å². The molecule has 1 aromatic carbocycles. The summed E-state index contributed by atoms with van der Waals surface area (Å²) in [5, 5.41) is 0. The van der Waals surface area contributed by atoms with E-state index in [0.717, 1.165) is 31.2 Å². The number of ether oxygens (including phenoxy) is 1. The van der Waals surface area contributed by atoms with Gasteiger partial charge in [-0.2, -0.15) is 4.31 Å². The van der Waals surface area contributed by atoms with E-state index in [-0.39, 0.29) is 17.9 Å². The van der Waals surface area contributed by atoms with E-state index < -0.39 is 10.0 Å². The number of sulfonamides is 1. The molecule has 2 aliphatic rings. The second-order valence-electron chi connectivity index (χ2n) is 5.87. The van der Waals surface area contributed by atoms with Gasteiger partial charge in [-0.15, -0.1) is 0 Å². The summed E-state index contributed by atoms with van der Waals surface area (Å²) in [5.74, 6) is 0.0151. The van der Waals surface area contributed by atoms with Gasteiger partial charge < -0.3 is 10.5 Å². The first-order valence-electron chi connectivity index (χ1n) is 7.52. The van der Waals surface area contributed by atoms with Crippen molar-refractivity contribution in [2.75, 3.05) is 18.9 Å². The van der Waals surface area contributed by atoms with Gasteiger partial charge in [-0.25, -0.2) is 8.42 Å². The van der Waals surface area contributed by atoms with Gasteiger partial charge in [0.2, 0.25) is 10.0 Å². The van der Waals surface area contributed by atoms with Gasteiger partial charge in [0.15, 0.2) is 0 Å². The third kappa shape index (κ3) is 3.22. The van der Waals surface area contributed by atoms with Crippen LogP contribution in [-0.2, 0) is 20.5 Å². The Kier molecular flexibility index (Phi) is 4.19. The third-order valence-corrected chi connectivity index (χ3v) is 6.20. The summed E-state index contributed by atoms with van der Waals surface area (Å²) in [7, 11) is -3.33. The van der Waals surface area contributed by atoms with E-state index >= 15 is 0 Å². The molecular formula is C15H22N2O3S. The number of anilines is 1. The fraction of sp³-hybridized carbons (Fsp3) is 0.600. The van der Waals surface area contributed by atoms with Gasteiger partial charge >= 0.3 is 0 Å². The molecule has 1 saturated carbocycles. The molecule has 1 aliphatic carbocycles. The molecule has 1 aromatic rings. The minimum Gasteiger partial charge on any atom is -0.399 e. The van der Waals surface area contributed by atoms with Crippen LogP contribution >= 0.6 is 0 Å². The van der Waals surface area contributed by atoms with E-state index in [4.69, 9.17) is 10.5 Å². The Morgan fingerprint density at radius 1 is 1.29 bits per heavy atom. The molecule has 2 atom stereocenters. The smallest absolute Gasteiger partial charge is 0.218 e. The maximum atomic E-state index is 12.8. The number of nitrogen functional groups attached to an aromatic ring is 1. The van der Waals surface area contributed by atoms with Crippen molar-refractivity contribution in [3.05, 3.63) is 29.8 Å². The minimum absolute atomic E-state index is 0.0126. The summed E-state index contributed by atoms with van der Waals surface area (Å²) < 4.78 is 32.9. The van der Waals surface area contributed by atoms with Crippen molar-refractivity contribution in [2.45, 2.75) is 43.6 Å². The van der Waals surface area contributed by atoms with Gasteiger partial charge in [0, 0.05) is 12.2 Å². The van der Waals surface area contributed by atoms with Crippen LogP contribution in [0, 0.1) is 0 Å². The zero-order valence-corrected chi connectivity index (χ0v) is 12.9. The monoisotopic (exact) mass is 310 g/mol. The van der Waals surface area contributed by atoms with Gasteiger partial charge in [-0.05, 0) is 30.5 Å². The van der Waals surface area contributed by atoms with E-state index in [2.05, 4.69) is 0 Å². The van der Waals surface area contributed by atoms with Crippen molar-refractivity contribution >= 4 is 15.7 Å². The molecule has 1 saturated heterocycles. The molecule has 1 heterocycles. The molecule has 1 aliphatic heterocycles. The molecule has 2 fully saturated rings. The normalized spacial score (nSPS) is 27.2. The molecule has 0 bridgehead atoms. The summed E-state index contributed by atoms with van der Waals surface area (Å²) in [6.07, 6.45) is 4.15. The first-order chi connectivity index (χ1) is 10.1. The third-order valence-electron chi connectivity index (χ3n) is 4.34. The Bertz CT molecular complexity index is 601. The first kappa shape index (κ1) is 14.8. The van der Waals surface area contributed by atoms with Crippen LogP contribution in [0.2, 0.25) is 0 Å². The van der Waals surface area contributed by atoms with Crippen LogP contribution in [0.1, 0.15) is 31.2 Å². The molecule has 2 N–H and O–H groups in total. The topological polar surface area (TPSA) is 72.6 Å². The molecule has 6 heteroatoms. The van der Waals surface area contributed by atoms with E-state index in [1.165, 1.54) is 0 Å². The first-order valence-corrected chi connectivity index (χ1v) is 9.13. The van der Waals surface area contributed by atoms with Crippen molar-refractivity contribution in [1.29, 1.82) is 0 Å². The zero-order chi connectivity index (χ0) is 14.9. The van der Waals surface area contributed by atoms with Crippen LogP contribution in [-0.4, -0.2) is 38.0 Å². The lowest BCUT2D eigenvalue weighted by Crippen LogP contribution is -2.54. The van der Waals surface area contributed by atoms with Crippen molar-refractivity contribution in [2.24, 2.45) is 0 Å². The van der Waals surface area contributed by atoms with Gasteiger partial charge in [-0.1, -0.05) is 25.0 Å². The lowest BCUT2D eigenvalue weighted by Gasteiger charge is -2.42. The Morgan fingerprint density at radius 2 is 2.10 bits per heavy atom. The van der Waals surface area contributed by atoms with Gasteiger partial charge in [-0.3, -0.25) is 0 Å². The van der Waals surface area contributed by atoms with E-state index in [0.29, 0.717) is 18.8 Å². The van der Waals surface area contributed by atoms with Crippen LogP contribution < -0.4 is 5.73 Å². The second-order valence-corrected chi connectivity index (χ2v) is 7.79. The lowest BCUT2D eigenvalue weighted by molar-refractivity contribution is -0.0586. The van der Waals surface area contributed by atoms with Gasteiger partial charge in [0.1, 0.15) is 0 Å². The Hall–Kier alpha value is -1.11. The van der Waals surface area contributed by atoms with Gasteiger partial charge in [0.05, 0.1) is 24.5 Å². The summed E-state index contributed by atoms with van der Waals surface area (Å²) in [6, 6.07) is 7.12. The van der Waals surface area contributed by atoms with Crippen molar-refractivity contribution in [1.82, 2.24) is 4.31 Å². The SMILES string of the molecule is Nc1cccc(CS(=O)(=O)N2CCOC3CCCCC32)c1. The number of nitrogens with zero attached hydrogens (tertiary/aromatic N) is 1. The molecule has 0 radical (unpaired) electrons. The highest BCUT2D eigenvalue weighted by Crippen LogP contribution is 2.31. The van der Waals surface area contributed by atoms with Crippen molar-refractivity contribution < 1.29 is 13.2 Å². The van der Waals surface area contributed by atoms with E-state index in [9.17, 15) is 8.42 Å². The lowest BCUT2D eigenvalue weighted by atomic mass is 9.91.